The normalized spacial score (nSPS) is 17.0. The van der Waals surface area contributed by atoms with E-state index in [0.717, 1.165) is 7.25 Å². The van der Waals surface area contributed by atoms with E-state index < -0.39 is 20.3 Å². The van der Waals surface area contributed by atoms with E-state index in [2.05, 4.69) is 72.8 Å². The first kappa shape index (κ1) is 30.5. The van der Waals surface area contributed by atoms with Gasteiger partial charge >= 0.3 is 131 Å². The fourth-order valence-corrected chi connectivity index (χ4v) is 21.7. The third-order valence-electron chi connectivity index (χ3n) is 8.43. The van der Waals surface area contributed by atoms with Gasteiger partial charge in [0, 0.05) is 0 Å². The molecular formula is C36H36O6Zr. The third-order valence-corrected chi connectivity index (χ3v) is 21.1. The molecule has 0 saturated carbocycles. The van der Waals surface area contributed by atoms with E-state index in [4.69, 9.17) is 18.9 Å². The first-order chi connectivity index (χ1) is 21.0. The average molecular weight is 656 g/mol. The van der Waals surface area contributed by atoms with Crippen LogP contribution < -0.4 is 29.2 Å². The summed E-state index contributed by atoms with van der Waals surface area (Å²) in [5.74, 6) is 0.817. The van der Waals surface area contributed by atoms with Crippen LogP contribution in [0, 0.1) is 0 Å². The number of rotatable bonds is 6. The van der Waals surface area contributed by atoms with Crippen molar-refractivity contribution in [3.05, 3.63) is 119 Å². The number of ether oxygens (including phenoxy) is 4. The molecule has 2 atom stereocenters. The van der Waals surface area contributed by atoms with E-state index in [-0.39, 0.29) is 11.5 Å². The van der Waals surface area contributed by atoms with Gasteiger partial charge < -0.3 is 29.2 Å². The Morgan fingerprint density at radius 3 is 1.19 bits per heavy atom. The molecule has 3 aliphatic rings. The maximum atomic E-state index is 11.2. The Balaban J connectivity index is 0.000000143. The predicted molar refractivity (Wildman–Crippen MR) is 164 cm³/mol. The zero-order valence-electron chi connectivity index (χ0n) is 24.9. The number of methoxy groups -OCH3 is 4. The van der Waals surface area contributed by atoms with Gasteiger partial charge in [-0.15, -0.1) is 0 Å². The van der Waals surface area contributed by atoms with E-state index in [1.807, 2.05) is 0 Å². The summed E-state index contributed by atoms with van der Waals surface area (Å²) >= 11 is -2.13. The van der Waals surface area contributed by atoms with Crippen LogP contribution in [0.15, 0.2) is 97.1 Å². The Bertz CT molecular complexity index is 1460. The molecule has 7 heteroatoms. The number of benzene rings is 4. The minimum absolute atomic E-state index is 0.211. The summed E-state index contributed by atoms with van der Waals surface area (Å²) in [6.07, 6.45) is 9.84. The summed E-state index contributed by atoms with van der Waals surface area (Å²) in [6.45, 7) is 0. The SMILES string of the molecule is C1=C[CH]([Zr+2]2([CH]3C=Cc4ccccc43)[CH2][CH2]2)c2ccccc21.COc1cccc(OC)c1[O-].COc1cccc(OC)c1[O-]. The summed E-state index contributed by atoms with van der Waals surface area (Å²) < 4.78 is 23.9. The van der Waals surface area contributed by atoms with Crippen molar-refractivity contribution in [1.29, 1.82) is 0 Å². The van der Waals surface area contributed by atoms with Crippen molar-refractivity contribution in [2.24, 2.45) is 0 Å². The predicted octanol–water partition coefficient (Wildman–Crippen LogP) is 7.08. The Hall–Kier alpha value is -3.96. The van der Waals surface area contributed by atoms with E-state index in [9.17, 15) is 10.2 Å². The zero-order valence-corrected chi connectivity index (χ0v) is 27.4. The molecule has 0 bridgehead atoms. The van der Waals surface area contributed by atoms with Crippen LogP contribution in [-0.4, -0.2) is 28.4 Å². The Morgan fingerprint density at radius 1 is 0.512 bits per heavy atom. The summed E-state index contributed by atoms with van der Waals surface area (Å²) in [7, 11) is 5.82. The van der Waals surface area contributed by atoms with Crippen LogP contribution in [0.2, 0.25) is 8.26 Å². The molecule has 2 aliphatic carbocycles. The summed E-state index contributed by atoms with van der Waals surface area (Å²) in [4.78, 5) is 0. The zero-order chi connectivity index (χ0) is 30.4. The molecule has 6 nitrogen and oxygen atoms in total. The molecule has 220 valence electrons. The van der Waals surface area contributed by atoms with Crippen LogP contribution in [0.1, 0.15) is 29.5 Å². The van der Waals surface area contributed by atoms with Crippen LogP contribution in [0.4, 0.5) is 0 Å². The van der Waals surface area contributed by atoms with Gasteiger partial charge in [0.25, 0.3) is 0 Å². The van der Waals surface area contributed by atoms with Crippen LogP contribution in [0.5, 0.6) is 34.5 Å². The van der Waals surface area contributed by atoms with Crippen LogP contribution >= 0.6 is 0 Å². The molecule has 0 amide bonds. The van der Waals surface area contributed by atoms with Gasteiger partial charge in [0.2, 0.25) is 0 Å². The largest absolute Gasteiger partial charge is 0.867 e. The fraction of sp³-hybridized carbons (Fsp3) is 0.222. The molecule has 0 aromatic heterocycles. The molecule has 1 saturated heterocycles. The maximum Gasteiger partial charge on any atom is 0.114 e. The van der Waals surface area contributed by atoms with E-state index in [0.29, 0.717) is 23.0 Å². The average Bonchev–Trinajstić information content (AvgIpc) is 3.52. The second-order valence-electron chi connectivity index (χ2n) is 10.6. The van der Waals surface area contributed by atoms with Crippen LogP contribution in [-0.2, 0) is 20.3 Å². The van der Waals surface area contributed by atoms with E-state index in [1.54, 1.807) is 55.8 Å². The molecule has 4 aromatic rings. The van der Waals surface area contributed by atoms with E-state index >= 15 is 0 Å². The molecule has 0 N–H and O–H groups in total. The van der Waals surface area contributed by atoms with Gasteiger partial charge in [-0.05, 0) is 35.8 Å². The second kappa shape index (κ2) is 13.6. The Morgan fingerprint density at radius 2 is 0.860 bits per heavy atom. The van der Waals surface area contributed by atoms with Gasteiger partial charge in [0.05, 0.1) is 28.4 Å². The van der Waals surface area contributed by atoms with Gasteiger partial charge in [-0.25, -0.2) is 0 Å². The summed E-state index contributed by atoms with van der Waals surface area (Å²) in [6, 6.07) is 27.9. The van der Waals surface area contributed by atoms with E-state index in [1.165, 1.54) is 39.6 Å². The standard InChI is InChI=1S/2C9H7.2C8H10O3.C2H4.Zr/c2*1-2-5-9-7-3-6-8(9)4-1;2*1-10-6-4-3-5-7(11-2)8(6)9;1-2;/h2*1-7H;2*3-5,9H,1-2H3;1-2H2;/q;;;;;+2/p-2. The van der Waals surface area contributed by atoms with Gasteiger partial charge in [-0.2, -0.15) is 0 Å². The topological polar surface area (TPSA) is 83.0 Å². The van der Waals surface area contributed by atoms with Crippen molar-refractivity contribution < 1.29 is 49.4 Å². The number of hydrogen-bond acceptors (Lipinski definition) is 6. The molecule has 43 heavy (non-hydrogen) atoms. The number of hydrogen-bond donors (Lipinski definition) is 0. The number of fused-ring (bicyclic) bond motifs is 2. The molecule has 1 aliphatic heterocycles. The fourth-order valence-electron chi connectivity index (χ4n) is 6.10. The number of allylic oxidation sites excluding steroid dienone is 2. The van der Waals surface area contributed by atoms with Crippen molar-refractivity contribution in [3.8, 4) is 34.5 Å². The second-order valence-corrected chi connectivity index (χ2v) is 22.2. The molecule has 1 heterocycles. The molecule has 0 radical (unpaired) electrons. The van der Waals surface area contributed by atoms with Gasteiger partial charge in [-0.3, -0.25) is 0 Å². The van der Waals surface area contributed by atoms with Gasteiger partial charge in [0.1, 0.15) is 23.0 Å². The molecular weight excluding hydrogens is 620 g/mol. The van der Waals surface area contributed by atoms with Gasteiger partial charge in [-0.1, -0.05) is 12.1 Å². The maximum absolute atomic E-state index is 11.2. The smallest absolute Gasteiger partial charge is 0.114 e. The van der Waals surface area contributed by atoms with Crippen molar-refractivity contribution in [1.82, 2.24) is 0 Å². The molecule has 7 rings (SSSR count). The Labute approximate surface area is 258 Å². The Kier molecular flexibility index (Phi) is 9.62. The number of para-hydroxylation sites is 2. The monoisotopic (exact) mass is 654 g/mol. The quantitative estimate of drug-likeness (QED) is 0.221. The summed E-state index contributed by atoms with van der Waals surface area (Å²) in [5, 5.41) is 22.4. The van der Waals surface area contributed by atoms with Gasteiger partial charge in [0.15, 0.2) is 0 Å². The van der Waals surface area contributed by atoms with Crippen LogP contribution in [0.25, 0.3) is 12.2 Å². The minimum atomic E-state index is -2.13. The summed E-state index contributed by atoms with van der Waals surface area (Å²) in [5.41, 5.74) is 6.20. The minimum Gasteiger partial charge on any atom is -0.867 e. The van der Waals surface area contributed by atoms with Crippen molar-refractivity contribution in [3.63, 3.8) is 0 Å². The van der Waals surface area contributed by atoms with Crippen LogP contribution in [0.3, 0.4) is 0 Å². The third kappa shape index (κ3) is 6.23. The van der Waals surface area contributed by atoms with Crippen molar-refractivity contribution in [2.45, 2.75) is 15.5 Å². The first-order valence-electron chi connectivity index (χ1n) is 14.3. The first-order valence-corrected chi connectivity index (χ1v) is 20.6. The molecule has 4 aromatic carbocycles. The van der Waals surface area contributed by atoms with Crippen molar-refractivity contribution >= 4 is 12.2 Å². The van der Waals surface area contributed by atoms with Crippen molar-refractivity contribution in [2.75, 3.05) is 28.4 Å². The molecule has 2 unspecified atom stereocenters. The molecule has 0 spiro atoms. The molecule has 1 fully saturated rings.